The molecule has 2 fully saturated rings. The molecule has 1 aromatic rings. The van der Waals surface area contributed by atoms with Gasteiger partial charge in [0.15, 0.2) is 5.96 Å². The fraction of sp³-hybridized carbons (Fsp3) is 0.650. The van der Waals surface area contributed by atoms with Crippen molar-refractivity contribution in [2.24, 2.45) is 10.9 Å². The predicted octanol–water partition coefficient (Wildman–Crippen LogP) is 2.58. The van der Waals surface area contributed by atoms with Gasteiger partial charge in [-0.3, -0.25) is 0 Å². The first-order valence-corrected chi connectivity index (χ1v) is 9.74. The molecule has 152 valence electrons. The van der Waals surface area contributed by atoms with Crippen molar-refractivity contribution in [3.05, 3.63) is 29.8 Å². The molecule has 2 aliphatic heterocycles. The predicted molar refractivity (Wildman–Crippen MR) is 121 cm³/mol. The van der Waals surface area contributed by atoms with Gasteiger partial charge in [0.05, 0.1) is 26.4 Å². The van der Waals surface area contributed by atoms with Crippen LogP contribution in [0.25, 0.3) is 0 Å². The van der Waals surface area contributed by atoms with Crippen molar-refractivity contribution in [1.82, 2.24) is 10.2 Å². The zero-order valence-corrected chi connectivity index (χ0v) is 18.9. The van der Waals surface area contributed by atoms with E-state index in [9.17, 15) is 0 Å². The number of likely N-dealkylation sites (tertiary alicyclic amines) is 1. The maximum absolute atomic E-state index is 5.49. The minimum atomic E-state index is 0. The Kier molecular flexibility index (Phi) is 9.64. The number of ether oxygens (including phenoxy) is 2. The number of benzene rings is 1. The first-order chi connectivity index (χ1) is 12.8. The molecular weight excluding hydrogens is 455 g/mol. The number of aliphatic imine (C=N–C) groups is 1. The zero-order chi connectivity index (χ0) is 18.2. The highest BCUT2D eigenvalue weighted by Gasteiger charge is 2.24. The Labute approximate surface area is 180 Å². The molecule has 6 nitrogen and oxygen atoms in total. The Bertz CT molecular complexity index is 593. The summed E-state index contributed by atoms with van der Waals surface area (Å²) in [6.07, 6.45) is 1.17. The van der Waals surface area contributed by atoms with Crippen molar-refractivity contribution in [3.8, 4) is 0 Å². The van der Waals surface area contributed by atoms with Crippen LogP contribution in [0, 0.1) is 5.92 Å². The van der Waals surface area contributed by atoms with Crippen LogP contribution in [-0.2, 0) is 16.0 Å². The van der Waals surface area contributed by atoms with E-state index in [-0.39, 0.29) is 24.0 Å². The van der Waals surface area contributed by atoms with E-state index >= 15 is 0 Å². The standard InChI is InChI=1S/C20H32N4O2.HI/c1-3-21-20(24-9-8-17(15-24)16-25-2)22-14-18-6-4-5-7-19(18)23-10-12-26-13-11-23;/h4-7,17H,3,8-16H2,1-2H3,(H,21,22);1H. The molecular formula is C20H33IN4O2. The van der Waals surface area contributed by atoms with E-state index in [1.807, 2.05) is 0 Å². The number of rotatable bonds is 6. The third-order valence-corrected chi connectivity index (χ3v) is 5.07. The topological polar surface area (TPSA) is 49.3 Å². The van der Waals surface area contributed by atoms with Gasteiger partial charge in [-0.15, -0.1) is 24.0 Å². The maximum Gasteiger partial charge on any atom is 0.194 e. The number of halogens is 1. The number of nitrogens with zero attached hydrogens (tertiary/aromatic N) is 3. The van der Waals surface area contributed by atoms with Gasteiger partial charge >= 0.3 is 0 Å². The lowest BCUT2D eigenvalue weighted by atomic mass is 10.1. The monoisotopic (exact) mass is 488 g/mol. The Balaban J connectivity index is 0.00000261. The van der Waals surface area contributed by atoms with Crippen LogP contribution in [0.5, 0.6) is 0 Å². The van der Waals surface area contributed by atoms with Crippen LogP contribution in [0.15, 0.2) is 29.3 Å². The molecule has 0 aliphatic carbocycles. The van der Waals surface area contributed by atoms with Crippen molar-refractivity contribution in [2.75, 3.05) is 64.6 Å². The molecule has 0 radical (unpaired) electrons. The molecule has 0 saturated carbocycles. The van der Waals surface area contributed by atoms with Crippen molar-refractivity contribution in [2.45, 2.75) is 19.9 Å². The Morgan fingerprint density at radius 2 is 2.04 bits per heavy atom. The number of morpholine rings is 1. The SMILES string of the molecule is CCNC(=NCc1ccccc1N1CCOCC1)N1CCC(COC)C1.I. The van der Waals surface area contributed by atoms with Crippen molar-refractivity contribution in [1.29, 1.82) is 0 Å². The second kappa shape index (κ2) is 11.7. The summed E-state index contributed by atoms with van der Waals surface area (Å²) in [4.78, 5) is 9.72. The first kappa shape index (κ1) is 22.2. The Morgan fingerprint density at radius 3 is 2.78 bits per heavy atom. The lowest BCUT2D eigenvalue weighted by molar-refractivity contribution is 0.122. The van der Waals surface area contributed by atoms with Crippen LogP contribution in [-0.4, -0.2) is 70.5 Å². The van der Waals surface area contributed by atoms with Crippen LogP contribution in [0.1, 0.15) is 18.9 Å². The van der Waals surface area contributed by atoms with Crippen LogP contribution in [0.3, 0.4) is 0 Å². The summed E-state index contributed by atoms with van der Waals surface area (Å²) in [7, 11) is 1.78. The summed E-state index contributed by atoms with van der Waals surface area (Å²) >= 11 is 0. The van der Waals surface area contributed by atoms with E-state index in [0.717, 1.165) is 58.5 Å². The van der Waals surface area contributed by atoms with Gasteiger partial charge in [-0.05, 0) is 25.0 Å². The smallest absolute Gasteiger partial charge is 0.194 e. The number of para-hydroxylation sites is 1. The van der Waals surface area contributed by atoms with Crippen LogP contribution in [0.4, 0.5) is 5.69 Å². The Hall–Kier alpha value is -1.06. The molecule has 0 amide bonds. The number of nitrogens with one attached hydrogen (secondary N) is 1. The van der Waals surface area contributed by atoms with Gasteiger partial charge in [0.2, 0.25) is 0 Å². The van der Waals surface area contributed by atoms with Crippen LogP contribution in [0.2, 0.25) is 0 Å². The molecule has 1 N–H and O–H groups in total. The van der Waals surface area contributed by atoms with Gasteiger partial charge in [0.1, 0.15) is 0 Å². The third-order valence-electron chi connectivity index (χ3n) is 5.07. The normalized spacial score (nSPS) is 20.5. The molecule has 1 unspecified atom stereocenters. The second-order valence-corrected chi connectivity index (χ2v) is 6.95. The summed E-state index contributed by atoms with van der Waals surface area (Å²) in [6.45, 7) is 10.1. The van der Waals surface area contributed by atoms with Gasteiger partial charge < -0.3 is 24.6 Å². The lowest BCUT2D eigenvalue weighted by Crippen LogP contribution is -2.40. The molecule has 3 rings (SSSR count). The summed E-state index contributed by atoms with van der Waals surface area (Å²) in [5.74, 6) is 1.62. The van der Waals surface area contributed by atoms with Crippen molar-refractivity contribution in [3.63, 3.8) is 0 Å². The number of hydrogen-bond donors (Lipinski definition) is 1. The number of methoxy groups -OCH3 is 1. The molecule has 0 bridgehead atoms. The van der Waals surface area contributed by atoms with E-state index in [4.69, 9.17) is 14.5 Å². The summed E-state index contributed by atoms with van der Waals surface area (Å²) in [5.41, 5.74) is 2.56. The quantitative estimate of drug-likeness (QED) is 0.379. The highest BCUT2D eigenvalue weighted by Crippen LogP contribution is 2.23. The number of anilines is 1. The van der Waals surface area contributed by atoms with E-state index in [2.05, 4.69) is 46.3 Å². The minimum Gasteiger partial charge on any atom is -0.384 e. The van der Waals surface area contributed by atoms with Gasteiger partial charge in [-0.1, -0.05) is 18.2 Å². The fourth-order valence-electron chi connectivity index (χ4n) is 3.74. The van der Waals surface area contributed by atoms with Crippen molar-refractivity contribution < 1.29 is 9.47 Å². The van der Waals surface area contributed by atoms with Gasteiger partial charge in [-0.2, -0.15) is 0 Å². The maximum atomic E-state index is 5.49. The lowest BCUT2D eigenvalue weighted by Gasteiger charge is -2.30. The number of hydrogen-bond acceptors (Lipinski definition) is 4. The minimum absolute atomic E-state index is 0. The highest BCUT2D eigenvalue weighted by molar-refractivity contribution is 14.0. The van der Waals surface area contributed by atoms with Gasteiger partial charge in [0.25, 0.3) is 0 Å². The van der Waals surface area contributed by atoms with E-state index in [1.54, 1.807) is 7.11 Å². The largest absolute Gasteiger partial charge is 0.384 e. The summed E-state index contributed by atoms with van der Waals surface area (Å²) in [6, 6.07) is 8.61. The average molecular weight is 488 g/mol. The van der Waals surface area contributed by atoms with Crippen LogP contribution < -0.4 is 10.2 Å². The molecule has 2 heterocycles. The van der Waals surface area contributed by atoms with E-state index in [1.165, 1.54) is 17.7 Å². The molecule has 1 aromatic carbocycles. The fourth-order valence-corrected chi connectivity index (χ4v) is 3.74. The van der Waals surface area contributed by atoms with E-state index in [0.29, 0.717) is 12.5 Å². The van der Waals surface area contributed by atoms with Crippen molar-refractivity contribution >= 4 is 35.6 Å². The molecule has 2 saturated heterocycles. The zero-order valence-electron chi connectivity index (χ0n) is 16.5. The molecule has 7 heteroatoms. The van der Waals surface area contributed by atoms with Gasteiger partial charge in [-0.25, -0.2) is 4.99 Å². The van der Waals surface area contributed by atoms with Gasteiger partial charge in [0, 0.05) is 51.4 Å². The summed E-state index contributed by atoms with van der Waals surface area (Å²) in [5, 5.41) is 3.46. The Morgan fingerprint density at radius 1 is 1.26 bits per heavy atom. The molecule has 2 aliphatic rings. The number of guanidine groups is 1. The van der Waals surface area contributed by atoms with E-state index < -0.39 is 0 Å². The average Bonchev–Trinajstić information content (AvgIpc) is 3.15. The molecule has 0 spiro atoms. The highest BCUT2D eigenvalue weighted by atomic mass is 127. The van der Waals surface area contributed by atoms with Crippen LogP contribution >= 0.6 is 24.0 Å². The first-order valence-electron chi connectivity index (χ1n) is 9.74. The molecule has 1 atom stereocenters. The molecule has 0 aromatic heterocycles. The third kappa shape index (κ3) is 6.22. The summed E-state index contributed by atoms with van der Waals surface area (Å²) < 4.78 is 10.8. The second-order valence-electron chi connectivity index (χ2n) is 6.95. The molecule has 27 heavy (non-hydrogen) atoms.